The van der Waals surface area contributed by atoms with E-state index in [0.717, 1.165) is 28.6 Å². The largest absolute Gasteiger partial charge is 0.349 e. The fraction of sp³-hybridized carbons (Fsp3) is 0.227. The minimum Gasteiger partial charge on any atom is -0.349 e. The molecule has 1 fully saturated rings. The summed E-state index contributed by atoms with van der Waals surface area (Å²) < 4.78 is 0.766. The van der Waals surface area contributed by atoms with Gasteiger partial charge in [-0.25, -0.2) is 9.99 Å². The highest BCUT2D eigenvalue weighted by Gasteiger charge is 2.30. The van der Waals surface area contributed by atoms with Gasteiger partial charge in [0.05, 0.1) is 22.0 Å². The highest BCUT2D eigenvalue weighted by Crippen LogP contribution is 2.31. The molecule has 7 nitrogen and oxygen atoms in total. The van der Waals surface area contributed by atoms with E-state index in [1.54, 1.807) is 30.5 Å². The van der Waals surface area contributed by atoms with Gasteiger partial charge < -0.3 is 10.6 Å². The van der Waals surface area contributed by atoms with Crippen molar-refractivity contribution in [2.24, 2.45) is 0 Å². The molecule has 10 heteroatoms. The topological polar surface area (TPSA) is 86.4 Å². The van der Waals surface area contributed by atoms with Gasteiger partial charge in [0, 0.05) is 16.7 Å². The molecule has 1 saturated carbocycles. The van der Waals surface area contributed by atoms with Gasteiger partial charge in [-0.1, -0.05) is 27.5 Å². The zero-order chi connectivity index (χ0) is 22.8. The minimum absolute atomic E-state index is 0.202. The summed E-state index contributed by atoms with van der Waals surface area (Å²) in [4.78, 5) is 30.5. The van der Waals surface area contributed by atoms with Crippen LogP contribution in [0.1, 0.15) is 28.8 Å². The average Bonchev–Trinajstić information content (AvgIpc) is 3.46. The van der Waals surface area contributed by atoms with Gasteiger partial charge in [0.1, 0.15) is 5.70 Å². The van der Waals surface area contributed by atoms with Gasteiger partial charge in [0.25, 0.3) is 11.8 Å². The average molecular weight is 535 g/mol. The number of hydrogen-bond donors (Lipinski definition) is 3. The normalized spacial score (nSPS) is 16.6. The summed E-state index contributed by atoms with van der Waals surface area (Å²) in [5.74, 6) is -0.202. The Kier molecular flexibility index (Phi) is 6.78. The molecule has 1 aliphatic carbocycles. The number of hydrazine groups is 1. The Morgan fingerprint density at radius 2 is 2.12 bits per heavy atom. The molecule has 1 aromatic carbocycles. The second-order valence-corrected chi connectivity index (χ2v) is 9.47. The number of aromatic nitrogens is 1. The van der Waals surface area contributed by atoms with Gasteiger partial charge in [-0.2, -0.15) is 0 Å². The lowest BCUT2D eigenvalue weighted by molar-refractivity contribution is -0.112. The van der Waals surface area contributed by atoms with Crippen LogP contribution in [0.4, 0.5) is 11.5 Å². The summed E-state index contributed by atoms with van der Waals surface area (Å²) in [6.07, 6.45) is 7.20. The molecule has 0 unspecified atom stereocenters. The van der Waals surface area contributed by atoms with Crippen LogP contribution in [0, 0.1) is 6.92 Å². The molecule has 0 radical (unpaired) electrons. The van der Waals surface area contributed by atoms with Crippen molar-refractivity contribution in [3.05, 3.63) is 74.0 Å². The highest BCUT2D eigenvalue weighted by molar-refractivity contribution is 9.10. The maximum Gasteiger partial charge on any atom is 0.274 e. The Balaban J connectivity index is 1.67. The second kappa shape index (κ2) is 9.56. The first kappa shape index (κ1) is 22.7. The summed E-state index contributed by atoms with van der Waals surface area (Å²) in [6.45, 7) is 1.85. The van der Waals surface area contributed by atoms with Crippen molar-refractivity contribution in [1.82, 2.24) is 15.7 Å². The van der Waals surface area contributed by atoms with Gasteiger partial charge in [-0.05, 0) is 67.3 Å². The van der Waals surface area contributed by atoms with Crippen LogP contribution in [0.5, 0.6) is 0 Å². The van der Waals surface area contributed by atoms with Gasteiger partial charge in [-0.3, -0.25) is 15.0 Å². The Bertz CT molecular complexity index is 1150. The maximum absolute atomic E-state index is 13.4. The van der Waals surface area contributed by atoms with E-state index in [2.05, 4.69) is 37.0 Å². The van der Waals surface area contributed by atoms with E-state index in [4.69, 9.17) is 11.6 Å². The van der Waals surface area contributed by atoms with Crippen molar-refractivity contribution in [2.45, 2.75) is 25.8 Å². The molecule has 2 amide bonds. The number of anilines is 2. The molecule has 3 N–H and O–H groups in total. The van der Waals surface area contributed by atoms with E-state index >= 15 is 0 Å². The number of benzene rings is 1. The van der Waals surface area contributed by atoms with E-state index < -0.39 is 5.91 Å². The number of nitrogens with zero attached hydrogens (tertiary/aromatic N) is 2. The van der Waals surface area contributed by atoms with Crippen LogP contribution in [0.25, 0.3) is 0 Å². The van der Waals surface area contributed by atoms with Crippen molar-refractivity contribution in [1.29, 1.82) is 0 Å². The van der Waals surface area contributed by atoms with E-state index in [-0.39, 0.29) is 11.9 Å². The quantitative estimate of drug-likeness (QED) is 0.496. The number of aryl methyl sites for hydroxylation is 1. The number of carbonyl (C=O) groups is 2. The second-order valence-electron chi connectivity index (χ2n) is 7.44. The molecule has 0 spiro atoms. The van der Waals surface area contributed by atoms with Crippen LogP contribution in [-0.4, -0.2) is 29.1 Å². The van der Waals surface area contributed by atoms with Crippen molar-refractivity contribution in [3.8, 4) is 0 Å². The van der Waals surface area contributed by atoms with Crippen LogP contribution in [-0.2, 0) is 4.79 Å². The molecule has 2 aromatic rings. The number of rotatable bonds is 6. The number of nitrogens with one attached hydrogen (secondary N) is 3. The van der Waals surface area contributed by atoms with Crippen molar-refractivity contribution in [2.75, 3.05) is 16.6 Å². The first-order valence-electron chi connectivity index (χ1n) is 9.91. The van der Waals surface area contributed by atoms with E-state index in [0.29, 0.717) is 27.8 Å². The summed E-state index contributed by atoms with van der Waals surface area (Å²) in [5, 5.41) is 9.73. The number of allylic oxidation sites excluding steroid dienone is 1. The molecule has 4 rings (SSSR count). The summed E-state index contributed by atoms with van der Waals surface area (Å²) >= 11 is 11.3. The number of amides is 2. The predicted molar refractivity (Wildman–Crippen MR) is 133 cm³/mol. The van der Waals surface area contributed by atoms with Crippen LogP contribution in [0.2, 0.25) is 5.02 Å². The molecule has 2 aliphatic rings. The van der Waals surface area contributed by atoms with Gasteiger partial charge >= 0.3 is 0 Å². The summed E-state index contributed by atoms with van der Waals surface area (Å²) in [5.41, 5.74) is 5.82. The third kappa shape index (κ3) is 4.95. The zero-order valence-corrected chi connectivity index (χ0v) is 20.6. The number of pyridine rings is 1. The van der Waals surface area contributed by atoms with Gasteiger partial charge in [-0.15, -0.1) is 11.8 Å². The van der Waals surface area contributed by atoms with Crippen LogP contribution >= 0.6 is 39.3 Å². The number of halogens is 2. The predicted octanol–water partition coefficient (Wildman–Crippen LogP) is 4.75. The Hall–Kier alpha value is -2.49. The van der Waals surface area contributed by atoms with Crippen molar-refractivity contribution in [3.63, 3.8) is 0 Å². The Morgan fingerprint density at radius 3 is 2.81 bits per heavy atom. The standard InChI is InChI=1S/C22H21BrClN5O2S/c1-12-8-13(23)9-16(21(30)26-14-5-6-14)19(12)27-22(31)18-10-15(11-32-2)28-29(18)20-17(24)4-3-7-25-20/h3-4,7-11,14,28H,5-6H2,1-2H3,(H,26,30)(H,27,31). The van der Waals surface area contributed by atoms with Gasteiger partial charge in [0.2, 0.25) is 0 Å². The summed E-state index contributed by atoms with van der Waals surface area (Å²) in [7, 11) is 0. The van der Waals surface area contributed by atoms with Crippen molar-refractivity contribution < 1.29 is 9.59 Å². The Morgan fingerprint density at radius 1 is 1.34 bits per heavy atom. The first-order valence-corrected chi connectivity index (χ1v) is 12.4. The van der Waals surface area contributed by atoms with E-state index in [9.17, 15) is 9.59 Å². The zero-order valence-electron chi connectivity index (χ0n) is 17.4. The monoisotopic (exact) mass is 533 g/mol. The smallest absolute Gasteiger partial charge is 0.274 e. The number of hydrogen-bond acceptors (Lipinski definition) is 6. The third-order valence-corrected chi connectivity index (χ3v) is 6.14. The van der Waals surface area contributed by atoms with Crippen LogP contribution in [0.15, 0.2) is 57.8 Å². The van der Waals surface area contributed by atoms with E-state index in [1.807, 2.05) is 24.7 Å². The van der Waals surface area contributed by atoms with Crippen LogP contribution in [0.3, 0.4) is 0 Å². The lowest BCUT2D eigenvalue weighted by Crippen LogP contribution is -2.37. The Labute approximate surface area is 203 Å². The lowest BCUT2D eigenvalue weighted by atomic mass is 10.1. The molecular formula is C22H21BrClN5O2S. The number of carbonyl (C=O) groups excluding carboxylic acids is 2. The molecule has 0 bridgehead atoms. The molecular weight excluding hydrogens is 514 g/mol. The van der Waals surface area contributed by atoms with Crippen molar-refractivity contribution >= 4 is 62.6 Å². The molecule has 1 aromatic heterocycles. The lowest BCUT2D eigenvalue weighted by Gasteiger charge is -2.23. The van der Waals surface area contributed by atoms with Crippen LogP contribution < -0.4 is 21.1 Å². The molecule has 166 valence electrons. The fourth-order valence-corrected chi connectivity index (χ4v) is 4.41. The molecule has 1 aliphatic heterocycles. The molecule has 32 heavy (non-hydrogen) atoms. The molecule has 0 saturated heterocycles. The SMILES string of the molecule is CSC=C1C=C(C(=O)Nc2c(C)cc(Br)cc2C(=O)NC2CC2)N(c2ncccc2Cl)N1. The maximum atomic E-state index is 13.4. The number of thioether (sulfide) groups is 1. The minimum atomic E-state index is -0.394. The van der Waals surface area contributed by atoms with Gasteiger partial charge in [0.15, 0.2) is 5.82 Å². The summed E-state index contributed by atoms with van der Waals surface area (Å²) in [6, 6.07) is 7.20. The molecule has 0 atom stereocenters. The first-order chi connectivity index (χ1) is 15.4. The molecule has 2 heterocycles. The van der Waals surface area contributed by atoms with E-state index in [1.165, 1.54) is 16.8 Å². The third-order valence-electron chi connectivity index (χ3n) is 4.90. The fourth-order valence-electron chi connectivity index (χ4n) is 3.25. The highest BCUT2D eigenvalue weighted by atomic mass is 79.9.